The first-order valence-electron chi connectivity index (χ1n) is 10.8. The van der Waals surface area contributed by atoms with Crippen molar-refractivity contribution in [1.29, 1.82) is 0 Å². The van der Waals surface area contributed by atoms with E-state index in [1.165, 1.54) is 6.92 Å². The molecule has 0 unspecified atom stereocenters. The number of piperidine rings is 1. The third kappa shape index (κ3) is 7.27. The number of benzene rings is 2. The second kappa shape index (κ2) is 12.7. The number of hydrogen-bond acceptors (Lipinski definition) is 6. The fraction of sp³-hybridized carbons (Fsp3) is 0.440. The van der Waals surface area contributed by atoms with Crippen LogP contribution in [0.15, 0.2) is 48.5 Å². The molecule has 1 aliphatic heterocycles. The molecule has 2 aromatic carbocycles. The zero-order valence-corrected chi connectivity index (χ0v) is 19.6. The number of carbonyl (C=O) groups is 2. The Labute approximate surface area is 190 Å². The number of nitrogens with one attached hydrogen (secondary N) is 1. The Morgan fingerprint density at radius 3 is 2.31 bits per heavy atom. The Balaban J connectivity index is 0.000000534. The molecule has 0 spiro atoms. The summed E-state index contributed by atoms with van der Waals surface area (Å²) in [5.74, 6) is 1.39. The van der Waals surface area contributed by atoms with Crippen molar-refractivity contribution in [1.82, 2.24) is 10.2 Å². The predicted octanol–water partition coefficient (Wildman–Crippen LogP) is 3.49. The fourth-order valence-corrected chi connectivity index (χ4v) is 3.75. The van der Waals surface area contributed by atoms with E-state index >= 15 is 0 Å². The first-order chi connectivity index (χ1) is 15.4. The van der Waals surface area contributed by atoms with Crippen LogP contribution in [0, 0.1) is 0 Å². The quantitative estimate of drug-likeness (QED) is 0.690. The van der Waals surface area contributed by atoms with E-state index in [-0.39, 0.29) is 23.8 Å². The number of amides is 1. The highest BCUT2D eigenvalue weighted by Crippen LogP contribution is 2.34. The lowest BCUT2D eigenvalue weighted by atomic mass is 9.85. The topological polar surface area (TPSA) is 77.1 Å². The summed E-state index contributed by atoms with van der Waals surface area (Å²) >= 11 is 0. The number of nitrogens with zero attached hydrogens (tertiary/aromatic N) is 1. The van der Waals surface area contributed by atoms with Gasteiger partial charge in [0.05, 0.1) is 20.8 Å². The molecule has 0 bridgehead atoms. The Bertz CT molecular complexity index is 872. The number of likely N-dealkylation sites (tertiary alicyclic amines) is 1. The SMILES string of the molecule is CCOC(C)=O.COc1ccc([C@@H]2CN(C)CC[C@@H]2NC(=O)c2ccccc2)cc1OC. The van der Waals surface area contributed by atoms with Gasteiger partial charge in [0.25, 0.3) is 5.91 Å². The predicted molar refractivity (Wildman–Crippen MR) is 124 cm³/mol. The van der Waals surface area contributed by atoms with Crippen molar-refractivity contribution < 1.29 is 23.8 Å². The van der Waals surface area contributed by atoms with Gasteiger partial charge in [-0.25, -0.2) is 0 Å². The standard InChI is InChI=1S/C21H26N2O3.C4H8O2/c1-23-12-11-18(22-21(24)15-7-5-4-6-8-15)17(14-23)16-9-10-19(25-2)20(13-16)26-3;1-3-6-4(2)5/h4-10,13,17-18H,11-12,14H2,1-3H3,(H,22,24);3H2,1-2H3/t17-,18-;/m0./s1. The van der Waals surface area contributed by atoms with Crippen LogP contribution in [-0.2, 0) is 9.53 Å². The molecule has 1 heterocycles. The van der Waals surface area contributed by atoms with Gasteiger partial charge in [0.1, 0.15) is 0 Å². The third-order valence-electron chi connectivity index (χ3n) is 5.35. The molecule has 3 rings (SSSR count). The second-order valence-electron chi connectivity index (χ2n) is 7.64. The van der Waals surface area contributed by atoms with Crippen molar-refractivity contribution in [3.63, 3.8) is 0 Å². The van der Waals surface area contributed by atoms with Crippen molar-refractivity contribution in [3.8, 4) is 11.5 Å². The van der Waals surface area contributed by atoms with Gasteiger partial charge < -0.3 is 24.4 Å². The van der Waals surface area contributed by atoms with Crippen molar-refractivity contribution in [2.24, 2.45) is 0 Å². The van der Waals surface area contributed by atoms with Crippen LogP contribution in [0.2, 0.25) is 0 Å². The van der Waals surface area contributed by atoms with Gasteiger partial charge in [-0.05, 0) is 56.8 Å². The van der Waals surface area contributed by atoms with E-state index in [1.54, 1.807) is 21.1 Å². The molecule has 0 aromatic heterocycles. The molecule has 7 heteroatoms. The van der Waals surface area contributed by atoms with Crippen LogP contribution in [-0.4, -0.2) is 63.8 Å². The maximum absolute atomic E-state index is 12.6. The summed E-state index contributed by atoms with van der Waals surface area (Å²) in [5.41, 5.74) is 1.84. The van der Waals surface area contributed by atoms with E-state index in [0.717, 1.165) is 25.1 Å². The minimum Gasteiger partial charge on any atom is -0.493 e. The first-order valence-corrected chi connectivity index (χ1v) is 10.8. The summed E-state index contributed by atoms with van der Waals surface area (Å²) in [6.45, 7) is 5.50. The number of hydrogen-bond donors (Lipinski definition) is 1. The lowest BCUT2D eigenvalue weighted by Crippen LogP contribution is -2.48. The summed E-state index contributed by atoms with van der Waals surface area (Å²) in [6, 6.07) is 15.5. The van der Waals surface area contributed by atoms with Crippen molar-refractivity contribution in [2.75, 3.05) is 41.0 Å². The van der Waals surface area contributed by atoms with Crippen LogP contribution < -0.4 is 14.8 Å². The minimum atomic E-state index is -0.211. The van der Waals surface area contributed by atoms with Gasteiger partial charge in [0, 0.05) is 31.0 Å². The van der Waals surface area contributed by atoms with E-state index < -0.39 is 0 Å². The fourth-order valence-electron chi connectivity index (χ4n) is 3.75. The number of likely N-dealkylation sites (N-methyl/N-ethyl adjacent to an activating group) is 1. The van der Waals surface area contributed by atoms with Crippen LogP contribution in [0.3, 0.4) is 0 Å². The van der Waals surface area contributed by atoms with Crippen molar-refractivity contribution in [3.05, 3.63) is 59.7 Å². The van der Waals surface area contributed by atoms with E-state index in [2.05, 4.69) is 28.1 Å². The molecule has 7 nitrogen and oxygen atoms in total. The molecule has 0 saturated carbocycles. The molecule has 2 aromatic rings. The molecule has 1 aliphatic rings. The number of carbonyl (C=O) groups excluding carboxylic acids is 2. The highest BCUT2D eigenvalue weighted by molar-refractivity contribution is 5.94. The second-order valence-corrected chi connectivity index (χ2v) is 7.64. The molecule has 174 valence electrons. The Morgan fingerprint density at radius 1 is 1.06 bits per heavy atom. The van der Waals surface area contributed by atoms with Crippen LogP contribution in [0.25, 0.3) is 0 Å². The van der Waals surface area contributed by atoms with Crippen LogP contribution in [0.4, 0.5) is 0 Å². The molecule has 0 radical (unpaired) electrons. The van der Waals surface area contributed by atoms with Gasteiger partial charge in [-0.3, -0.25) is 9.59 Å². The number of methoxy groups -OCH3 is 2. The van der Waals surface area contributed by atoms with Gasteiger partial charge in [-0.2, -0.15) is 0 Å². The van der Waals surface area contributed by atoms with E-state index in [9.17, 15) is 9.59 Å². The number of esters is 1. The molecule has 2 atom stereocenters. The Kier molecular flexibility index (Phi) is 10.0. The molecule has 0 aliphatic carbocycles. The third-order valence-corrected chi connectivity index (χ3v) is 5.35. The van der Waals surface area contributed by atoms with Gasteiger partial charge in [0.2, 0.25) is 0 Å². The smallest absolute Gasteiger partial charge is 0.302 e. The monoisotopic (exact) mass is 442 g/mol. The van der Waals surface area contributed by atoms with Crippen LogP contribution in [0.5, 0.6) is 11.5 Å². The molecule has 1 amide bonds. The first kappa shape index (κ1) is 25.2. The lowest BCUT2D eigenvalue weighted by molar-refractivity contribution is -0.140. The minimum absolute atomic E-state index is 0.0226. The summed E-state index contributed by atoms with van der Waals surface area (Å²) in [4.78, 5) is 24.7. The maximum atomic E-state index is 12.6. The molecule has 32 heavy (non-hydrogen) atoms. The van der Waals surface area contributed by atoms with Crippen molar-refractivity contribution in [2.45, 2.75) is 32.2 Å². The molecular weight excluding hydrogens is 408 g/mol. The lowest BCUT2D eigenvalue weighted by Gasteiger charge is -2.37. The zero-order chi connectivity index (χ0) is 23.5. The highest BCUT2D eigenvalue weighted by Gasteiger charge is 2.31. The van der Waals surface area contributed by atoms with Gasteiger partial charge in [-0.1, -0.05) is 24.3 Å². The molecular formula is C25H34N2O5. The van der Waals surface area contributed by atoms with Gasteiger partial charge in [-0.15, -0.1) is 0 Å². The maximum Gasteiger partial charge on any atom is 0.302 e. The summed E-state index contributed by atoms with van der Waals surface area (Å²) in [6.07, 6.45) is 0.911. The number of ether oxygens (including phenoxy) is 3. The highest BCUT2D eigenvalue weighted by atomic mass is 16.5. The van der Waals surface area contributed by atoms with E-state index in [0.29, 0.717) is 23.7 Å². The Hall–Kier alpha value is -3.06. The van der Waals surface area contributed by atoms with Gasteiger partial charge in [0.15, 0.2) is 11.5 Å². The van der Waals surface area contributed by atoms with Crippen LogP contribution in [0.1, 0.15) is 42.1 Å². The molecule has 1 N–H and O–H groups in total. The van der Waals surface area contributed by atoms with E-state index in [4.69, 9.17) is 9.47 Å². The molecule has 1 saturated heterocycles. The van der Waals surface area contributed by atoms with Crippen molar-refractivity contribution >= 4 is 11.9 Å². The average molecular weight is 443 g/mol. The summed E-state index contributed by atoms with van der Waals surface area (Å²) in [7, 11) is 5.39. The number of rotatable bonds is 6. The van der Waals surface area contributed by atoms with Gasteiger partial charge >= 0.3 is 5.97 Å². The summed E-state index contributed by atoms with van der Waals surface area (Å²) < 4.78 is 15.2. The normalized spacial score (nSPS) is 18.0. The summed E-state index contributed by atoms with van der Waals surface area (Å²) in [5, 5.41) is 3.23. The zero-order valence-electron chi connectivity index (χ0n) is 19.6. The molecule has 1 fully saturated rings. The average Bonchev–Trinajstić information content (AvgIpc) is 2.80. The largest absolute Gasteiger partial charge is 0.493 e. The Morgan fingerprint density at radius 2 is 1.75 bits per heavy atom. The van der Waals surface area contributed by atoms with E-state index in [1.807, 2.05) is 42.5 Å². The van der Waals surface area contributed by atoms with Crippen LogP contribution >= 0.6 is 0 Å².